The SMILES string of the molecule is CC(C)(C)c1ccc(CNCC(C)(C)c2cccs2)s1. The first-order chi connectivity index (χ1) is 9.29. The first-order valence-electron chi connectivity index (χ1n) is 7.13. The summed E-state index contributed by atoms with van der Waals surface area (Å²) >= 11 is 3.77. The highest BCUT2D eigenvalue weighted by Crippen LogP contribution is 2.30. The molecular weight excluding hydrogens is 282 g/mol. The molecule has 2 aromatic heterocycles. The number of nitrogens with one attached hydrogen (secondary N) is 1. The molecule has 0 aromatic carbocycles. The second-order valence-electron chi connectivity index (χ2n) is 6.98. The molecule has 2 rings (SSSR count). The van der Waals surface area contributed by atoms with E-state index in [1.165, 1.54) is 14.6 Å². The third-order valence-corrected chi connectivity index (χ3v) is 6.20. The summed E-state index contributed by atoms with van der Waals surface area (Å²) in [6.07, 6.45) is 0. The van der Waals surface area contributed by atoms with Gasteiger partial charge in [-0.1, -0.05) is 40.7 Å². The van der Waals surface area contributed by atoms with Gasteiger partial charge in [0.25, 0.3) is 0 Å². The summed E-state index contributed by atoms with van der Waals surface area (Å²) in [5.74, 6) is 0. The Morgan fingerprint density at radius 2 is 1.75 bits per heavy atom. The summed E-state index contributed by atoms with van der Waals surface area (Å²) in [5.41, 5.74) is 0.470. The van der Waals surface area contributed by atoms with E-state index in [1.54, 1.807) is 0 Å². The number of thiophene rings is 2. The second kappa shape index (κ2) is 6.00. The van der Waals surface area contributed by atoms with Gasteiger partial charge in [0, 0.05) is 33.1 Å². The average molecular weight is 308 g/mol. The zero-order chi connectivity index (χ0) is 14.8. The van der Waals surface area contributed by atoms with Crippen LogP contribution in [0, 0.1) is 0 Å². The zero-order valence-electron chi connectivity index (χ0n) is 13.1. The highest BCUT2D eigenvalue weighted by atomic mass is 32.1. The van der Waals surface area contributed by atoms with Gasteiger partial charge in [-0.3, -0.25) is 0 Å². The van der Waals surface area contributed by atoms with E-state index in [0.717, 1.165) is 13.1 Å². The van der Waals surface area contributed by atoms with Crippen molar-refractivity contribution in [2.24, 2.45) is 0 Å². The molecule has 2 aromatic rings. The molecule has 0 radical (unpaired) electrons. The minimum Gasteiger partial charge on any atom is -0.311 e. The van der Waals surface area contributed by atoms with Crippen molar-refractivity contribution < 1.29 is 0 Å². The molecule has 110 valence electrons. The van der Waals surface area contributed by atoms with E-state index in [9.17, 15) is 0 Å². The van der Waals surface area contributed by atoms with E-state index in [-0.39, 0.29) is 10.8 Å². The molecule has 0 unspecified atom stereocenters. The Kier molecular flexibility index (Phi) is 4.73. The highest BCUT2D eigenvalue weighted by Gasteiger charge is 2.21. The van der Waals surface area contributed by atoms with Gasteiger partial charge in [-0.25, -0.2) is 0 Å². The summed E-state index contributed by atoms with van der Waals surface area (Å²) in [6, 6.07) is 8.90. The molecule has 0 amide bonds. The van der Waals surface area contributed by atoms with Crippen LogP contribution in [-0.4, -0.2) is 6.54 Å². The molecule has 1 N–H and O–H groups in total. The van der Waals surface area contributed by atoms with Gasteiger partial charge < -0.3 is 5.32 Å². The lowest BCUT2D eigenvalue weighted by molar-refractivity contribution is 0.478. The highest BCUT2D eigenvalue weighted by molar-refractivity contribution is 7.12. The van der Waals surface area contributed by atoms with Gasteiger partial charge in [-0.2, -0.15) is 0 Å². The van der Waals surface area contributed by atoms with Crippen molar-refractivity contribution in [3.8, 4) is 0 Å². The molecule has 0 saturated heterocycles. The van der Waals surface area contributed by atoms with Crippen molar-refractivity contribution >= 4 is 22.7 Å². The maximum atomic E-state index is 3.61. The molecule has 0 atom stereocenters. The topological polar surface area (TPSA) is 12.0 Å². The number of rotatable bonds is 5. The molecule has 0 aliphatic rings. The predicted molar refractivity (Wildman–Crippen MR) is 92.1 cm³/mol. The Hall–Kier alpha value is -0.640. The van der Waals surface area contributed by atoms with E-state index in [1.807, 2.05) is 22.7 Å². The van der Waals surface area contributed by atoms with Crippen molar-refractivity contribution in [2.75, 3.05) is 6.54 Å². The van der Waals surface area contributed by atoms with Crippen LogP contribution in [0.15, 0.2) is 29.6 Å². The molecule has 0 aliphatic heterocycles. The monoisotopic (exact) mass is 307 g/mol. The smallest absolute Gasteiger partial charge is 0.0300 e. The maximum absolute atomic E-state index is 3.61. The van der Waals surface area contributed by atoms with Crippen molar-refractivity contribution in [3.05, 3.63) is 44.3 Å². The van der Waals surface area contributed by atoms with E-state index >= 15 is 0 Å². The van der Waals surface area contributed by atoms with Gasteiger partial charge in [-0.05, 0) is 29.0 Å². The molecule has 1 nitrogen and oxygen atoms in total. The van der Waals surface area contributed by atoms with Crippen LogP contribution in [0.3, 0.4) is 0 Å². The van der Waals surface area contributed by atoms with Crippen LogP contribution in [0.5, 0.6) is 0 Å². The first kappa shape index (κ1) is 15.7. The van der Waals surface area contributed by atoms with Gasteiger partial charge in [0.15, 0.2) is 0 Å². The second-order valence-corrected chi connectivity index (χ2v) is 9.10. The third kappa shape index (κ3) is 3.94. The Balaban J connectivity index is 1.89. The quantitative estimate of drug-likeness (QED) is 0.803. The van der Waals surface area contributed by atoms with Gasteiger partial charge in [0.05, 0.1) is 0 Å². The van der Waals surface area contributed by atoms with Gasteiger partial charge in [0.2, 0.25) is 0 Å². The maximum Gasteiger partial charge on any atom is 0.0300 e. The Bertz CT molecular complexity index is 530. The minimum absolute atomic E-state index is 0.207. The van der Waals surface area contributed by atoms with Gasteiger partial charge in [0.1, 0.15) is 0 Å². The molecule has 3 heteroatoms. The van der Waals surface area contributed by atoms with Gasteiger partial charge >= 0.3 is 0 Å². The lowest BCUT2D eigenvalue weighted by Gasteiger charge is -2.23. The molecule has 0 aliphatic carbocycles. The third-order valence-electron chi connectivity index (χ3n) is 3.46. The number of hydrogen-bond donors (Lipinski definition) is 1. The molecule has 2 heterocycles. The summed E-state index contributed by atoms with van der Waals surface area (Å²) < 4.78 is 0. The van der Waals surface area contributed by atoms with E-state index in [4.69, 9.17) is 0 Å². The Morgan fingerprint density at radius 3 is 2.30 bits per heavy atom. The molecule has 0 saturated carbocycles. The summed E-state index contributed by atoms with van der Waals surface area (Å²) in [5, 5.41) is 5.77. The van der Waals surface area contributed by atoms with Crippen LogP contribution in [0.1, 0.15) is 49.3 Å². The van der Waals surface area contributed by atoms with Crippen LogP contribution >= 0.6 is 22.7 Å². The lowest BCUT2D eigenvalue weighted by atomic mass is 9.91. The summed E-state index contributed by atoms with van der Waals surface area (Å²) in [6.45, 7) is 13.4. The fourth-order valence-corrected chi connectivity index (χ4v) is 4.01. The van der Waals surface area contributed by atoms with Crippen molar-refractivity contribution in [1.29, 1.82) is 0 Å². The minimum atomic E-state index is 0.207. The Morgan fingerprint density at radius 1 is 1.00 bits per heavy atom. The average Bonchev–Trinajstić information content (AvgIpc) is 2.99. The number of hydrogen-bond acceptors (Lipinski definition) is 3. The fourth-order valence-electron chi connectivity index (χ4n) is 2.12. The molecule has 0 bridgehead atoms. The van der Waals surface area contributed by atoms with E-state index in [2.05, 4.69) is 69.6 Å². The van der Waals surface area contributed by atoms with Gasteiger partial charge in [-0.15, -0.1) is 22.7 Å². The van der Waals surface area contributed by atoms with E-state index in [0.29, 0.717) is 0 Å². The lowest BCUT2D eigenvalue weighted by Crippen LogP contribution is -2.31. The van der Waals surface area contributed by atoms with Crippen LogP contribution in [0.2, 0.25) is 0 Å². The predicted octanol–water partition coefficient (Wildman–Crippen LogP) is 5.17. The van der Waals surface area contributed by atoms with Crippen LogP contribution in [0.4, 0.5) is 0 Å². The van der Waals surface area contributed by atoms with E-state index < -0.39 is 0 Å². The van der Waals surface area contributed by atoms with Crippen molar-refractivity contribution in [2.45, 2.75) is 52.0 Å². The largest absolute Gasteiger partial charge is 0.311 e. The van der Waals surface area contributed by atoms with Crippen molar-refractivity contribution in [3.63, 3.8) is 0 Å². The Labute approximate surface area is 131 Å². The molecule has 0 spiro atoms. The summed E-state index contributed by atoms with van der Waals surface area (Å²) in [7, 11) is 0. The van der Waals surface area contributed by atoms with Crippen molar-refractivity contribution in [1.82, 2.24) is 5.32 Å². The van der Waals surface area contributed by atoms with Crippen LogP contribution in [-0.2, 0) is 17.4 Å². The van der Waals surface area contributed by atoms with Crippen LogP contribution < -0.4 is 5.32 Å². The fraction of sp³-hybridized carbons (Fsp3) is 0.529. The van der Waals surface area contributed by atoms with Crippen LogP contribution in [0.25, 0.3) is 0 Å². The normalized spacial score (nSPS) is 12.8. The molecular formula is C17H25NS2. The molecule has 20 heavy (non-hydrogen) atoms. The standard InChI is InChI=1S/C17H25NS2/c1-16(2,3)14-9-8-13(20-14)11-18-12-17(4,5)15-7-6-10-19-15/h6-10,18H,11-12H2,1-5H3. The first-order valence-corrected chi connectivity index (χ1v) is 8.82. The summed E-state index contributed by atoms with van der Waals surface area (Å²) in [4.78, 5) is 4.34. The zero-order valence-corrected chi connectivity index (χ0v) is 14.8. The molecule has 0 fully saturated rings.